The van der Waals surface area contributed by atoms with Gasteiger partial charge in [-0.25, -0.2) is 9.78 Å². The summed E-state index contributed by atoms with van der Waals surface area (Å²) in [5.74, 6) is -3.29. The van der Waals surface area contributed by atoms with Crippen LogP contribution in [0.4, 0.5) is 23.4 Å². The van der Waals surface area contributed by atoms with Gasteiger partial charge in [0.2, 0.25) is 0 Å². The van der Waals surface area contributed by atoms with E-state index in [1.807, 2.05) is 0 Å². The molecule has 0 spiro atoms. The lowest BCUT2D eigenvalue weighted by atomic mass is 10.6. The highest BCUT2D eigenvalue weighted by Crippen LogP contribution is 1.95. The molecule has 0 aliphatic heterocycles. The van der Waals surface area contributed by atoms with E-state index in [0.29, 0.717) is 0 Å². The predicted octanol–water partition coefficient (Wildman–Crippen LogP) is 0.521. The first-order valence-corrected chi connectivity index (χ1v) is 4.45. The highest BCUT2D eigenvalue weighted by molar-refractivity contribution is 5.80. The van der Waals surface area contributed by atoms with Gasteiger partial charge in [-0.15, -0.1) is 0 Å². The summed E-state index contributed by atoms with van der Waals surface area (Å²) in [4.78, 5) is 26.6. The Morgan fingerprint density at radius 3 is 2.11 bits per heavy atom. The Morgan fingerprint density at radius 2 is 1.74 bits per heavy atom. The molecule has 0 bridgehead atoms. The number of halogens is 4. The Balaban J connectivity index is 0.000000459. The van der Waals surface area contributed by atoms with Crippen LogP contribution in [0.25, 0.3) is 0 Å². The fraction of sp³-hybridized carbons (Fsp3) is 0.250. The molecule has 0 unspecified atom stereocenters. The molecule has 1 rings (SSSR count). The van der Waals surface area contributed by atoms with Crippen molar-refractivity contribution in [1.82, 2.24) is 15.4 Å². The largest absolute Gasteiger partial charge is 0.477 e. The Morgan fingerprint density at radius 1 is 1.16 bits per heavy atom. The van der Waals surface area contributed by atoms with Crippen molar-refractivity contribution in [2.45, 2.75) is 12.9 Å². The summed E-state index contributed by atoms with van der Waals surface area (Å²) in [6.07, 6.45) is -2.22. The lowest BCUT2D eigenvalue weighted by Crippen LogP contribution is -2.34. The molecule has 7 nitrogen and oxygen atoms in total. The number of anilines is 1. The van der Waals surface area contributed by atoms with Crippen molar-refractivity contribution < 1.29 is 32.3 Å². The number of carboxylic acids is 1. The van der Waals surface area contributed by atoms with Gasteiger partial charge in [-0.05, 0) is 0 Å². The maximum atomic E-state index is 11.6. The topological polar surface area (TPSA) is 104 Å². The molecule has 0 saturated heterocycles. The van der Waals surface area contributed by atoms with Crippen molar-refractivity contribution in [3.05, 3.63) is 18.6 Å². The second kappa shape index (κ2) is 8.60. The minimum atomic E-state index is -3.23. The molecule has 0 fully saturated rings. The normalized spacial score (nSPS) is 9.58. The number of carbonyl (C=O) groups excluding carboxylic acids is 1. The molecule has 0 atom stereocenters. The highest BCUT2D eigenvalue weighted by atomic mass is 19.3. The second-order valence-electron chi connectivity index (χ2n) is 2.64. The van der Waals surface area contributed by atoms with Crippen LogP contribution in [0.2, 0.25) is 0 Å². The molecule has 0 radical (unpaired) electrons. The van der Waals surface area contributed by atoms with Crippen molar-refractivity contribution in [2.24, 2.45) is 0 Å². The number of aliphatic carboxylic acids is 1. The van der Waals surface area contributed by atoms with E-state index in [1.165, 1.54) is 18.6 Å². The quantitative estimate of drug-likeness (QED) is 0.550. The van der Waals surface area contributed by atoms with Crippen molar-refractivity contribution in [1.29, 1.82) is 0 Å². The standard InChI is InChI=1S/C6H6F2N4O.C2H2F2O2/c7-5(8)6(13)12-11-4-3-9-1-2-10-4;3-1(4)2(5)6/h1-3,5H,(H,10,11)(H,12,13);1H,(H,5,6). The summed E-state index contributed by atoms with van der Waals surface area (Å²) in [7, 11) is 0. The van der Waals surface area contributed by atoms with Gasteiger partial charge in [0.1, 0.15) is 0 Å². The van der Waals surface area contributed by atoms with E-state index < -0.39 is 24.7 Å². The molecule has 0 aromatic carbocycles. The van der Waals surface area contributed by atoms with E-state index in [-0.39, 0.29) is 5.82 Å². The Bertz CT molecular complexity index is 404. The van der Waals surface area contributed by atoms with Gasteiger partial charge in [0.15, 0.2) is 5.82 Å². The molecule has 0 aliphatic rings. The van der Waals surface area contributed by atoms with E-state index in [1.54, 1.807) is 5.43 Å². The third-order valence-corrected chi connectivity index (χ3v) is 1.26. The molecule has 1 aromatic rings. The number of aromatic nitrogens is 2. The molecule has 1 heterocycles. The molecule has 1 amide bonds. The monoisotopic (exact) mass is 284 g/mol. The number of alkyl halides is 4. The van der Waals surface area contributed by atoms with Crippen LogP contribution in [0.1, 0.15) is 0 Å². The van der Waals surface area contributed by atoms with Gasteiger partial charge in [-0.1, -0.05) is 0 Å². The summed E-state index contributed by atoms with van der Waals surface area (Å²) in [5, 5.41) is 7.24. The maximum Gasteiger partial charge on any atom is 0.371 e. The van der Waals surface area contributed by atoms with Crippen LogP contribution in [0.3, 0.4) is 0 Å². The number of hydrogen-bond acceptors (Lipinski definition) is 5. The average Bonchev–Trinajstić information content (AvgIpc) is 2.37. The third kappa shape index (κ3) is 8.29. The minimum Gasteiger partial charge on any atom is -0.477 e. The first-order chi connectivity index (χ1) is 8.84. The van der Waals surface area contributed by atoms with Gasteiger partial charge in [0.25, 0.3) is 0 Å². The zero-order valence-electron chi connectivity index (χ0n) is 9.06. The van der Waals surface area contributed by atoms with Crippen LogP contribution >= 0.6 is 0 Å². The number of carbonyl (C=O) groups is 2. The smallest absolute Gasteiger partial charge is 0.371 e. The molecule has 0 saturated carbocycles. The minimum absolute atomic E-state index is 0.191. The molecule has 1 aromatic heterocycles. The zero-order chi connectivity index (χ0) is 14.8. The van der Waals surface area contributed by atoms with Crippen molar-refractivity contribution >= 4 is 17.7 Å². The molecule has 3 N–H and O–H groups in total. The van der Waals surface area contributed by atoms with E-state index >= 15 is 0 Å². The molecule has 19 heavy (non-hydrogen) atoms. The van der Waals surface area contributed by atoms with Crippen LogP contribution in [-0.4, -0.2) is 39.8 Å². The van der Waals surface area contributed by atoms with Crippen LogP contribution in [0.15, 0.2) is 18.6 Å². The number of nitrogens with one attached hydrogen (secondary N) is 2. The summed E-state index contributed by atoms with van der Waals surface area (Å²) in [6.45, 7) is 0. The SMILES string of the molecule is O=C(NNc1cnccn1)C(F)F.O=C(O)C(F)F. The second-order valence-corrected chi connectivity index (χ2v) is 2.64. The van der Waals surface area contributed by atoms with Crippen molar-refractivity contribution in [3.63, 3.8) is 0 Å². The number of carboxylic acid groups (broad SMARTS) is 1. The Hall–Kier alpha value is -2.46. The van der Waals surface area contributed by atoms with E-state index in [2.05, 4.69) is 15.4 Å². The van der Waals surface area contributed by atoms with Gasteiger partial charge in [0, 0.05) is 12.4 Å². The molecular formula is C8H8F4N4O3. The van der Waals surface area contributed by atoms with Gasteiger partial charge in [-0.3, -0.25) is 20.6 Å². The summed E-state index contributed by atoms with van der Waals surface area (Å²) < 4.78 is 44.4. The van der Waals surface area contributed by atoms with Gasteiger partial charge < -0.3 is 5.11 Å². The lowest BCUT2D eigenvalue weighted by Gasteiger charge is -2.05. The van der Waals surface area contributed by atoms with Gasteiger partial charge in [-0.2, -0.15) is 17.6 Å². The van der Waals surface area contributed by atoms with Crippen LogP contribution < -0.4 is 10.9 Å². The zero-order valence-corrected chi connectivity index (χ0v) is 9.06. The van der Waals surface area contributed by atoms with Crippen LogP contribution in [0, 0.1) is 0 Å². The molecule has 0 aliphatic carbocycles. The molecule has 106 valence electrons. The Labute approximate surface area is 103 Å². The number of amides is 1. The summed E-state index contributed by atoms with van der Waals surface area (Å²) in [6, 6.07) is 0. The predicted molar refractivity (Wildman–Crippen MR) is 53.4 cm³/mol. The van der Waals surface area contributed by atoms with Crippen LogP contribution in [-0.2, 0) is 9.59 Å². The van der Waals surface area contributed by atoms with E-state index in [0.717, 1.165) is 0 Å². The molecule has 11 heteroatoms. The first kappa shape index (κ1) is 16.5. The fourth-order valence-corrected chi connectivity index (χ4v) is 0.544. The third-order valence-electron chi connectivity index (χ3n) is 1.26. The average molecular weight is 284 g/mol. The number of rotatable bonds is 4. The van der Waals surface area contributed by atoms with Crippen molar-refractivity contribution in [2.75, 3.05) is 5.43 Å². The van der Waals surface area contributed by atoms with Crippen LogP contribution in [0.5, 0.6) is 0 Å². The number of hydrazine groups is 1. The fourth-order valence-electron chi connectivity index (χ4n) is 0.544. The number of hydrogen-bond donors (Lipinski definition) is 3. The number of nitrogens with zero attached hydrogens (tertiary/aromatic N) is 2. The first-order valence-electron chi connectivity index (χ1n) is 4.45. The van der Waals surface area contributed by atoms with Gasteiger partial charge >= 0.3 is 24.7 Å². The maximum absolute atomic E-state index is 11.6. The molecular weight excluding hydrogens is 276 g/mol. The van der Waals surface area contributed by atoms with E-state index in [4.69, 9.17) is 9.90 Å². The summed E-state index contributed by atoms with van der Waals surface area (Å²) in [5.41, 5.74) is 3.93. The lowest BCUT2D eigenvalue weighted by molar-refractivity contribution is -0.149. The highest BCUT2D eigenvalue weighted by Gasteiger charge is 2.13. The van der Waals surface area contributed by atoms with Crippen molar-refractivity contribution in [3.8, 4) is 0 Å². The summed E-state index contributed by atoms with van der Waals surface area (Å²) >= 11 is 0. The van der Waals surface area contributed by atoms with Gasteiger partial charge in [0.05, 0.1) is 6.20 Å². The van der Waals surface area contributed by atoms with E-state index in [9.17, 15) is 22.4 Å². The Kier molecular flexibility index (Phi) is 7.49.